The number of hydrogen-bond donors (Lipinski definition) is 1. The molecule has 1 fully saturated rings. The predicted molar refractivity (Wildman–Crippen MR) is 61.0 cm³/mol. The third-order valence-electron chi connectivity index (χ3n) is 3.38. The van der Waals surface area contributed by atoms with Crippen LogP contribution in [0.15, 0.2) is 12.1 Å². The zero-order valence-electron chi connectivity index (χ0n) is 9.83. The summed E-state index contributed by atoms with van der Waals surface area (Å²) in [5, 5.41) is 9.23. The maximum Gasteiger partial charge on any atom is 0.314 e. The molecule has 0 aromatic heterocycles. The van der Waals surface area contributed by atoms with Gasteiger partial charge in [0.05, 0.1) is 12.5 Å². The Balaban J connectivity index is 2.49. The van der Waals surface area contributed by atoms with Crippen LogP contribution >= 0.6 is 0 Å². The highest BCUT2D eigenvalue weighted by Crippen LogP contribution is 2.49. The van der Waals surface area contributed by atoms with Crippen molar-refractivity contribution in [2.75, 3.05) is 7.11 Å². The van der Waals surface area contributed by atoms with Crippen molar-refractivity contribution in [2.24, 2.45) is 0 Å². The summed E-state index contributed by atoms with van der Waals surface area (Å²) >= 11 is 0. The van der Waals surface area contributed by atoms with Crippen molar-refractivity contribution >= 4 is 5.97 Å². The van der Waals surface area contributed by atoms with Gasteiger partial charge in [0.25, 0.3) is 0 Å². The second-order valence-electron chi connectivity index (χ2n) is 4.53. The topological polar surface area (TPSA) is 46.5 Å². The molecule has 3 nitrogen and oxygen atoms in total. The standard InChI is InChI=1S/C13H16O3/c1-8-6-10(7-9(2)11(8)16-3)13(4-5-13)12(14)15/h6-7H,4-5H2,1-3H3,(H,14,15). The van der Waals surface area contributed by atoms with Crippen LogP contribution in [-0.2, 0) is 10.2 Å². The summed E-state index contributed by atoms with van der Waals surface area (Å²) in [6.45, 7) is 3.90. The minimum Gasteiger partial charge on any atom is -0.496 e. The van der Waals surface area contributed by atoms with E-state index in [4.69, 9.17) is 4.74 Å². The first-order valence-corrected chi connectivity index (χ1v) is 5.40. The molecule has 0 heterocycles. The highest BCUT2D eigenvalue weighted by molar-refractivity contribution is 5.85. The van der Waals surface area contributed by atoms with E-state index in [0.717, 1.165) is 35.3 Å². The molecule has 1 aliphatic carbocycles. The molecule has 16 heavy (non-hydrogen) atoms. The van der Waals surface area contributed by atoms with Crippen molar-refractivity contribution < 1.29 is 14.6 Å². The third-order valence-corrected chi connectivity index (χ3v) is 3.38. The normalized spacial score (nSPS) is 16.9. The molecule has 0 radical (unpaired) electrons. The number of hydrogen-bond acceptors (Lipinski definition) is 2. The molecule has 0 spiro atoms. The second kappa shape index (κ2) is 3.51. The number of methoxy groups -OCH3 is 1. The highest BCUT2D eigenvalue weighted by atomic mass is 16.5. The predicted octanol–water partition coefficient (Wildman–Crippen LogP) is 2.43. The van der Waals surface area contributed by atoms with E-state index < -0.39 is 11.4 Å². The lowest BCUT2D eigenvalue weighted by Crippen LogP contribution is -2.19. The SMILES string of the molecule is COc1c(C)cc(C2(C(=O)O)CC2)cc1C. The maximum atomic E-state index is 11.2. The van der Waals surface area contributed by atoms with E-state index in [-0.39, 0.29) is 0 Å². The van der Waals surface area contributed by atoms with Crippen LogP contribution in [0.25, 0.3) is 0 Å². The molecule has 0 unspecified atom stereocenters. The van der Waals surface area contributed by atoms with Crippen LogP contribution < -0.4 is 4.74 Å². The van der Waals surface area contributed by atoms with Crippen molar-refractivity contribution in [3.05, 3.63) is 28.8 Å². The molecular weight excluding hydrogens is 204 g/mol. The van der Waals surface area contributed by atoms with E-state index in [2.05, 4.69) is 0 Å². The van der Waals surface area contributed by atoms with Crippen molar-refractivity contribution in [1.82, 2.24) is 0 Å². The molecule has 0 amide bonds. The van der Waals surface area contributed by atoms with Gasteiger partial charge in [-0.2, -0.15) is 0 Å². The van der Waals surface area contributed by atoms with Gasteiger partial charge in [-0.25, -0.2) is 0 Å². The Hall–Kier alpha value is -1.51. The molecule has 1 N–H and O–H groups in total. The Morgan fingerprint density at radius 1 is 1.31 bits per heavy atom. The van der Waals surface area contributed by atoms with Crippen LogP contribution in [0.2, 0.25) is 0 Å². The van der Waals surface area contributed by atoms with Gasteiger partial charge >= 0.3 is 5.97 Å². The average molecular weight is 220 g/mol. The number of aryl methyl sites for hydroxylation is 2. The van der Waals surface area contributed by atoms with Crippen molar-refractivity contribution in [3.8, 4) is 5.75 Å². The molecule has 0 bridgehead atoms. The molecule has 1 aliphatic rings. The lowest BCUT2D eigenvalue weighted by molar-refractivity contribution is -0.140. The lowest BCUT2D eigenvalue weighted by Gasteiger charge is -2.15. The lowest BCUT2D eigenvalue weighted by atomic mass is 9.92. The van der Waals surface area contributed by atoms with Crippen LogP contribution in [0.1, 0.15) is 29.5 Å². The monoisotopic (exact) mass is 220 g/mol. The van der Waals surface area contributed by atoms with Crippen LogP contribution in [0, 0.1) is 13.8 Å². The van der Waals surface area contributed by atoms with Crippen LogP contribution in [-0.4, -0.2) is 18.2 Å². The molecule has 0 aliphatic heterocycles. The summed E-state index contributed by atoms with van der Waals surface area (Å²) in [5.74, 6) is 0.140. The molecule has 1 aromatic rings. The third kappa shape index (κ3) is 1.47. The Kier molecular flexibility index (Phi) is 2.41. The summed E-state index contributed by atoms with van der Waals surface area (Å²) in [5.41, 5.74) is 2.30. The van der Waals surface area contributed by atoms with Gasteiger partial charge in [0, 0.05) is 0 Å². The molecule has 1 aromatic carbocycles. The van der Waals surface area contributed by atoms with Crippen molar-refractivity contribution in [2.45, 2.75) is 32.1 Å². The minimum atomic E-state index is -0.712. The molecule has 86 valence electrons. The van der Waals surface area contributed by atoms with Gasteiger partial charge in [-0.15, -0.1) is 0 Å². The van der Waals surface area contributed by atoms with Gasteiger partial charge in [-0.3, -0.25) is 4.79 Å². The van der Waals surface area contributed by atoms with Gasteiger partial charge in [0.1, 0.15) is 5.75 Å². The number of carboxylic acids is 1. The van der Waals surface area contributed by atoms with Gasteiger partial charge in [-0.1, -0.05) is 12.1 Å². The number of carboxylic acid groups (broad SMARTS) is 1. The largest absolute Gasteiger partial charge is 0.496 e. The molecule has 0 saturated heterocycles. The minimum absolute atomic E-state index is 0.623. The Morgan fingerprint density at radius 2 is 1.81 bits per heavy atom. The first-order valence-electron chi connectivity index (χ1n) is 5.40. The summed E-state index contributed by atoms with van der Waals surface area (Å²) in [4.78, 5) is 11.2. The highest BCUT2D eigenvalue weighted by Gasteiger charge is 2.51. The first-order chi connectivity index (χ1) is 7.51. The molecule has 3 heteroatoms. The number of aliphatic carboxylic acids is 1. The second-order valence-corrected chi connectivity index (χ2v) is 4.53. The van der Waals surface area contributed by atoms with Crippen LogP contribution in [0.3, 0.4) is 0 Å². The number of ether oxygens (including phenoxy) is 1. The molecule has 1 saturated carbocycles. The summed E-state index contributed by atoms with van der Waals surface area (Å²) in [6, 6.07) is 3.87. The quantitative estimate of drug-likeness (QED) is 0.851. The fourth-order valence-corrected chi connectivity index (χ4v) is 2.30. The molecular formula is C13H16O3. The van der Waals surface area contributed by atoms with Crippen molar-refractivity contribution in [1.29, 1.82) is 0 Å². The Morgan fingerprint density at radius 3 is 2.12 bits per heavy atom. The van der Waals surface area contributed by atoms with Crippen LogP contribution in [0.5, 0.6) is 5.75 Å². The first kappa shape index (κ1) is 11.0. The van der Waals surface area contributed by atoms with E-state index in [1.807, 2.05) is 26.0 Å². The average Bonchev–Trinajstić information content (AvgIpc) is 2.97. The number of benzene rings is 1. The zero-order valence-corrected chi connectivity index (χ0v) is 9.83. The Labute approximate surface area is 95.0 Å². The van der Waals surface area contributed by atoms with Crippen molar-refractivity contribution in [3.63, 3.8) is 0 Å². The number of carbonyl (C=O) groups is 1. The maximum absolute atomic E-state index is 11.2. The van der Waals surface area contributed by atoms with Gasteiger partial charge < -0.3 is 9.84 Å². The van der Waals surface area contributed by atoms with E-state index in [9.17, 15) is 9.90 Å². The fourth-order valence-electron chi connectivity index (χ4n) is 2.30. The Bertz CT molecular complexity index is 421. The van der Waals surface area contributed by atoms with E-state index in [0.29, 0.717) is 0 Å². The van der Waals surface area contributed by atoms with Gasteiger partial charge in [-0.05, 0) is 43.4 Å². The van der Waals surface area contributed by atoms with E-state index in [1.54, 1.807) is 7.11 Å². The summed E-state index contributed by atoms with van der Waals surface area (Å²) < 4.78 is 5.28. The number of rotatable bonds is 3. The molecule has 0 atom stereocenters. The fraction of sp³-hybridized carbons (Fsp3) is 0.462. The zero-order chi connectivity index (χ0) is 11.9. The molecule has 2 rings (SSSR count). The smallest absolute Gasteiger partial charge is 0.314 e. The van der Waals surface area contributed by atoms with Gasteiger partial charge in [0.15, 0.2) is 0 Å². The van der Waals surface area contributed by atoms with E-state index in [1.165, 1.54) is 0 Å². The summed E-state index contributed by atoms with van der Waals surface area (Å²) in [7, 11) is 1.64. The van der Waals surface area contributed by atoms with Gasteiger partial charge in [0.2, 0.25) is 0 Å². The van der Waals surface area contributed by atoms with E-state index >= 15 is 0 Å². The van der Waals surface area contributed by atoms with Crippen LogP contribution in [0.4, 0.5) is 0 Å². The summed E-state index contributed by atoms with van der Waals surface area (Å²) in [6.07, 6.45) is 1.49.